The molecular formula is C22H31N7O3. The molecule has 0 saturated heterocycles. The molecule has 3 N–H and O–H groups in total. The number of carbonyl (C=O) groups is 1. The Bertz CT molecular complexity index is 980. The Morgan fingerprint density at radius 3 is 2.66 bits per heavy atom. The van der Waals surface area contributed by atoms with E-state index in [4.69, 9.17) is 9.97 Å². The van der Waals surface area contributed by atoms with Crippen molar-refractivity contribution in [2.24, 2.45) is 5.92 Å². The van der Waals surface area contributed by atoms with E-state index in [1.807, 2.05) is 14.1 Å². The largest absolute Gasteiger partial charge is 0.362 e. The molecular weight excluding hydrogens is 410 g/mol. The van der Waals surface area contributed by atoms with Gasteiger partial charge in [0.15, 0.2) is 0 Å². The summed E-state index contributed by atoms with van der Waals surface area (Å²) in [5.74, 6) is 1.83. The first-order valence-electron chi connectivity index (χ1n) is 11.4. The maximum atomic E-state index is 12.2. The van der Waals surface area contributed by atoms with Gasteiger partial charge >= 0.3 is 0 Å². The van der Waals surface area contributed by atoms with Gasteiger partial charge in [-0.2, -0.15) is 4.98 Å². The van der Waals surface area contributed by atoms with E-state index in [2.05, 4.69) is 20.5 Å². The van der Waals surface area contributed by atoms with Crippen molar-refractivity contribution in [3.8, 4) is 0 Å². The summed E-state index contributed by atoms with van der Waals surface area (Å²) in [5, 5.41) is 17.2. The molecule has 172 valence electrons. The third-order valence-corrected chi connectivity index (χ3v) is 6.44. The highest BCUT2D eigenvalue weighted by Crippen LogP contribution is 2.30. The number of nitrogens with one attached hydrogen (secondary N) is 3. The lowest BCUT2D eigenvalue weighted by Gasteiger charge is -2.30. The van der Waals surface area contributed by atoms with Crippen LogP contribution in [0.5, 0.6) is 0 Å². The minimum Gasteiger partial charge on any atom is -0.362 e. The van der Waals surface area contributed by atoms with Crippen LogP contribution in [0.15, 0.2) is 12.3 Å². The number of fused-ring (bicyclic) bond motifs is 1. The summed E-state index contributed by atoms with van der Waals surface area (Å²) in [6, 6.07) is 1.58. The predicted octanol–water partition coefficient (Wildman–Crippen LogP) is 3.06. The fraction of sp³-hybridized carbons (Fsp3) is 0.591. The molecule has 32 heavy (non-hydrogen) atoms. The molecule has 1 amide bonds. The maximum absolute atomic E-state index is 12.2. The van der Waals surface area contributed by atoms with Crippen molar-refractivity contribution in [1.29, 1.82) is 0 Å². The number of amides is 1. The smallest absolute Gasteiger partial charge is 0.287 e. The molecule has 2 aromatic rings. The van der Waals surface area contributed by atoms with Crippen LogP contribution >= 0.6 is 0 Å². The van der Waals surface area contributed by atoms with Gasteiger partial charge in [-0.15, -0.1) is 0 Å². The fourth-order valence-electron chi connectivity index (χ4n) is 4.65. The summed E-state index contributed by atoms with van der Waals surface area (Å²) in [6.45, 7) is 0.568. The average Bonchev–Trinajstić information content (AvgIpc) is 3.29. The lowest BCUT2D eigenvalue weighted by Crippen LogP contribution is -2.34. The Hall–Kier alpha value is -3.17. The Morgan fingerprint density at radius 2 is 1.97 bits per heavy atom. The predicted molar refractivity (Wildman–Crippen MR) is 122 cm³/mol. The van der Waals surface area contributed by atoms with Gasteiger partial charge in [0.2, 0.25) is 5.95 Å². The van der Waals surface area contributed by atoms with Crippen LogP contribution in [0.25, 0.3) is 0 Å². The van der Waals surface area contributed by atoms with Crippen LogP contribution in [0.4, 0.5) is 17.5 Å². The maximum Gasteiger partial charge on any atom is 0.287 e. The molecule has 2 aromatic heterocycles. The number of anilines is 2. The minimum absolute atomic E-state index is 0.108. The van der Waals surface area contributed by atoms with Gasteiger partial charge in [-0.3, -0.25) is 14.9 Å². The van der Waals surface area contributed by atoms with E-state index in [9.17, 15) is 14.9 Å². The van der Waals surface area contributed by atoms with Gasteiger partial charge in [0.1, 0.15) is 11.5 Å². The van der Waals surface area contributed by atoms with Crippen molar-refractivity contribution in [2.75, 3.05) is 30.9 Å². The first-order chi connectivity index (χ1) is 15.4. The van der Waals surface area contributed by atoms with Crippen LogP contribution in [-0.2, 0) is 12.8 Å². The summed E-state index contributed by atoms with van der Waals surface area (Å²) >= 11 is 0. The van der Waals surface area contributed by atoms with Gasteiger partial charge in [-0.05, 0) is 57.3 Å². The van der Waals surface area contributed by atoms with Gasteiger partial charge < -0.3 is 20.5 Å². The monoisotopic (exact) mass is 441 g/mol. The zero-order valence-electron chi connectivity index (χ0n) is 18.7. The van der Waals surface area contributed by atoms with Crippen LogP contribution < -0.4 is 15.5 Å². The average molecular weight is 442 g/mol. The lowest BCUT2D eigenvalue weighted by atomic mass is 9.86. The molecule has 2 aliphatic rings. The number of aryl methyl sites for hydroxylation is 1. The first kappa shape index (κ1) is 22.0. The van der Waals surface area contributed by atoms with Crippen molar-refractivity contribution in [2.45, 2.75) is 57.4 Å². The molecule has 10 heteroatoms. The van der Waals surface area contributed by atoms with Crippen molar-refractivity contribution >= 4 is 23.4 Å². The molecule has 0 bridgehead atoms. The van der Waals surface area contributed by atoms with E-state index < -0.39 is 4.92 Å². The van der Waals surface area contributed by atoms with Crippen LogP contribution in [-0.4, -0.2) is 52.5 Å². The number of aromatic amines is 1. The van der Waals surface area contributed by atoms with E-state index >= 15 is 0 Å². The molecule has 1 fully saturated rings. The number of H-pyrrole nitrogens is 1. The molecule has 0 aromatic carbocycles. The Balaban J connectivity index is 1.28. The number of nitrogens with zero attached hydrogens (tertiary/aromatic N) is 4. The second kappa shape index (κ2) is 9.54. The van der Waals surface area contributed by atoms with Gasteiger partial charge in [-0.25, -0.2) is 4.98 Å². The molecule has 0 unspecified atom stereocenters. The standard InChI is InChI=1S/C22H31N7O3/c1-28(2)20-17-5-3-4-6-18(17)26-22(27-20)25-15-9-7-14(8-10-15)12-24-21(30)19-11-16(13-23-19)29(31)32/h11,13-15,23H,3-10,12H2,1-2H3,(H,24,30)(H,25,26,27). The summed E-state index contributed by atoms with van der Waals surface area (Å²) in [4.78, 5) is 36.8. The Morgan fingerprint density at radius 1 is 1.22 bits per heavy atom. The number of hydrogen-bond acceptors (Lipinski definition) is 7. The van der Waals surface area contributed by atoms with Crippen LogP contribution in [0, 0.1) is 16.0 Å². The van der Waals surface area contributed by atoms with Crippen LogP contribution in [0.3, 0.4) is 0 Å². The number of aromatic nitrogens is 3. The molecule has 2 aliphatic carbocycles. The van der Waals surface area contributed by atoms with Crippen molar-refractivity contribution in [3.05, 3.63) is 39.3 Å². The number of carbonyl (C=O) groups excluding carboxylic acids is 1. The van der Waals surface area contributed by atoms with E-state index in [0.29, 0.717) is 18.5 Å². The molecule has 0 radical (unpaired) electrons. The summed E-state index contributed by atoms with van der Waals surface area (Å²) < 4.78 is 0. The molecule has 0 spiro atoms. The first-order valence-corrected chi connectivity index (χ1v) is 11.4. The third kappa shape index (κ3) is 5.00. The van der Waals surface area contributed by atoms with Gasteiger partial charge in [-0.1, -0.05) is 0 Å². The molecule has 2 heterocycles. The molecule has 10 nitrogen and oxygen atoms in total. The van der Waals surface area contributed by atoms with Crippen LogP contribution in [0.2, 0.25) is 0 Å². The SMILES string of the molecule is CN(C)c1nc(NC2CCC(CNC(=O)c3cc([N+](=O)[O-])c[nH]3)CC2)nc2c1CCCC2. The van der Waals surface area contributed by atoms with Crippen molar-refractivity contribution in [1.82, 2.24) is 20.3 Å². The van der Waals surface area contributed by atoms with Crippen molar-refractivity contribution < 1.29 is 9.72 Å². The minimum atomic E-state index is -0.519. The fourth-order valence-corrected chi connectivity index (χ4v) is 4.65. The molecule has 1 saturated carbocycles. The summed E-state index contributed by atoms with van der Waals surface area (Å²) in [7, 11) is 4.07. The summed E-state index contributed by atoms with van der Waals surface area (Å²) in [5.41, 5.74) is 2.58. The molecule has 4 rings (SSSR count). The Kier molecular flexibility index (Phi) is 6.57. The highest BCUT2D eigenvalue weighted by atomic mass is 16.6. The van der Waals surface area contributed by atoms with Gasteiger partial charge in [0.05, 0.1) is 16.8 Å². The normalized spacial score (nSPS) is 20.3. The van der Waals surface area contributed by atoms with Gasteiger partial charge in [0, 0.05) is 38.3 Å². The van der Waals surface area contributed by atoms with E-state index in [1.165, 1.54) is 36.4 Å². The van der Waals surface area contributed by atoms with Gasteiger partial charge in [0.25, 0.3) is 11.6 Å². The second-order valence-electron chi connectivity index (χ2n) is 9.00. The zero-order chi connectivity index (χ0) is 22.7. The highest BCUT2D eigenvalue weighted by molar-refractivity contribution is 5.93. The zero-order valence-corrected chi connectivity index (χ0v) is 18.7. The molecule has 0 aliphatic heterocycles. The topological polar surface area (TPSA) is 129 Å². The number of rotatable bonds is 7. The van der Waals surface area contributed by atoms with Crippen LogP contribution in [0.1, 0.15) is 60.3 Å². The lowest BCUT2D eigenvalue weighted by molar-refractivity contribution is -0.384. The van der Waals surface area contributed by atoms with E-state index in [-0.39, 0.29) is 17.3 Å². The third-order valence-electron chi connectivity index (χ3n) is 6.44. The highest BCUT2D eigenvalue weighted by Gasteiger charge is 2.25. The Labute approximate surface area is 187 Å². The summed E-state index contributed by atoms with van der Waals surface area (Å²) in [6.07, 6.45) is 9.66. The van der Waals surface area contributed by atoms with Crippen molar-refractivity contribution in [3.63, 3.8) is 0 Å². The number of hydrogen-bond donors (Lipinski definition) is 3. The van der Waals surface area contributed by atoms with E-state index in [0.717, 1.165) is 50.3 Å². The second-order valence-corrected chi connectivity index (χ2v) is 9.00. The van der Waals surface area contributed by atoms with E-state index in [1.54, 1.807) is 0 Å². The molecule has 0 atom stereocenters. The quantitative estimate of drug-likeness (QED) is 0.445. The number of nitro groups is 1.